The molecule has 82 valence electrons. The predicted octanol–water partition coefficient (Wildman–Crippen LogP) is 2.70. The minimum atomic E-state index is -0.314. The number of anilines is 1. The van der Waals surface area contributed by atoms with Gasteiger partial charge in [-0.1, -0.05) is 6.08 Å². The maximum atomic E-state index is 11.2. The van der Waals surface area contributed by atoms with E-state index < -0.39 is 0 Å². The molecule has 0 bridgehead atoms. The highest BCUT2D eigenvalue weighted by atomic mass is 16.4. The van der Waals surface area contributed by atoms with Crippen LogP contribution in [0, 0.1) is 6.92 Å². The van der Waals surface area contributed by atoms with E-state index >= 15 is 0 Å². The van der Waals surface area contributed by atoms with Crippen molar-refractivity contribution in [2.45, 2.75) is 6.92 Å². The van der Waals surface area contributed by atoms with E-state index in [-0.39, 0.29) is 5.63 Å². The van der Waals surface area contributed by atoms with Crippen LogP contribution in [0.15, 0.2) is 46.1 Å². The highest BCUT2D eigenvalue weighted by Crippen LogP contribution is 2.20. The number of fused-ring (bicyclic) bond motifs is 1. The molecule has 0 aliphatic heterocycles. The smallest absolute Gasteiger partial charge is 0.336 e. The molecular weight excluding hydrogens is 202 g/mol. The summed E-state index contributed by atoms with van der Waals surface area (Å²) in [4.78, 5) is 11.2. The molecule has 0 spiro atoms. The Bertz CT molecular complexity index is 584. The zero-order chi connectivity index (χ0) is 11.5. The Hall–Kier alpha value is -2.03. The van der Waals surface area contributed by atoms with Gasteiger partial charge in [-0.15, -0.1) is 6.58 Å². The van der Waals surface area contributed by atoms with E-state index in [1.807, 2.05) is 25.1 Å². The summed E-state index contributed by atoms with van der Waals surface area (Å²) in [7, 11) is 0. The van der Waals surface area contributed by atoms with Gasteiger partial charge >= 0.3 is 5.63 Å². The zero-order valence-corrected chi connectivity index (χ0v) is 9.12. The molecule has 0 amide bonds. The van der Waals surface area contributed by atoms with Crippen LogP contribution >= 0.6 is 0 Å². The summed E-state index contributed by atoms with van der Waals surface area (Å²) in [6, 6.07) is 7.23. The summed E-state index contributed by atoms with van der Waals surface area (Å²) in [6.45, 7) is 6.21. The van der Waals surface area contributed by atoms with Crippen LogP contribution in [-0.4, -0.2) is 6.54 Å². The third kappa shape index (κ3) is 1.98. The highest BCUT2D eigenvalue weighted by molar-refractivity contribution is 5.83. The van der Waals surface area contributed by atoms with Gasteiger partial charge in [-0.25, -0.2) is 4.79 Å². The van der Waals surface area contributed by atoms with Crippen LogP contribution in [0.25, 0.3) is 11.0 Å². The van der Waals surface area contributed by atoms with E-state index in [0.717, 1.165) is 16.6 Å². The number of hydrogen-bond acceptors (Lipinski definition) is 3. The molecule has 0 unspecified atom stereocenters. The number of aryl methyl sites for hydroxylation is 1. The van der Waals surface area contributed by atoms with Crippen molar-refractivity contribution in [2.24, 2.45) is 0 Å². The minimum absolute atomic E-state index is 0.314. The molecule has 1 N–H and O–H groups in total. The summed E-state index contributed by atoms with van der Waals surface area (Å²) in [5.74, 6) is 0. The summed E-state index contributed by atoms with van der Waals surface area (Å²) in [6.07, 6.45) is 1.77. The first-order chi connectivity index (χ1) is 7.70. The maximum Gasteiger partial charge on any atom is 0.336 e. The normalized spacial score (nSPS) is 10.3. The van der Waals surface area contributed by atoms with Crippen molar-refractivity contribution in [3.63, 3.8) is 0 Å². The maximum absolute atomic E-state index is 11.2. The average Bonchev–Trinajstić information content (AvgIpc) is 2.25. The lowest BCUT2D eigenvalue weighted by atomic mass is 10.1. The molecule has 0 atom stereocenters. The molecule has 2 aromatic rings. The van der Waals surface area contributed by atoms with Crippen molar-refractivity contribution in [3.05, 3.63) is 52.9 Å². The van der Waals surface area contributed by atoms with Gasteiger partial charge in [0, 0.05) is 29.8 Å². The lowest BCUT2D eigenvalue weighted by molar-refractivity contribution is 0.560. The van der Waals surface area contributed by atoms with E-state index in [4.69, 9.17) is 4.42 Å². The molecular formula is C13H13NO2. The second-order valence-corrected chi connectivity index (χ2v) is 3.63. The molecule has 1 heterocycles. The van der Waals surface area contributed by atoms with Crippen molar-refractivity contribution in [2.75, 3.05) is 11.9 Å². The molecule has 0 fully saturated rings. The molecule has 1 aromatic carbocycles. The van der Waals surface area contributed by atoms with Crippen molar-refractivity contribution in [1.29, 1.82) is 0 Å². The monoisotopic (exact) mass is 215 g/mol. The van der Waals surface area contributed by atoms with Gasteiger partial charge < -0.3 is 9.73 Å². The topological polar surface area (TPSA) is 42.2 Å². The van der Waals surface area contributed by atoms with Gasteiger partial charge in [0.1, 0.15) is 5.58 Å². The van der Waals surface area contributed by atoms with Gasteiger partial charge in [0.2, 0.25) is 0 Å². The fourth-order valence-corrected chi connectivity index (χ4v) is 1.62. The largest absolute Gasteiger partial charge is 0.423 e. The summed E-state index contributed by atoms with van der Waals surface area (Å²) >= 11 is 0. The van der Waals surface area contributed by atoms with Gasteiger partial charge in [0.15, 0.2) is 0 Å². The van der Waals surface area contributed by atoms with Crippen LogP contribution in [-0.2, 0) is 0 Å². The van der Waals surface area contributed by atoms with E-state index in [1.165, 1.54) is 6.07 Å². The fourth-order valence-electron chi connectivity index (χ4n) is 1.62. The quantitative estimate of drug-likeness (QED) is 0.632. The Morgan fingerprint density at radius 3 is 3.00 bits per heavy atom. The lowest BCUT2D eigenvalue weighted by Gasteiger charge is -2.05. The van der Waals surface area contributed by atoms with Crippen LogP contribution in [0.2, 0.25) is 0 Å². The first-order valence-corrected chi connectivity index (χ1v) is 5.10. The third-order valence-electron chi connectivity index (χ3n) is 2.40. The first kappa shape index (κ1) is 10.5. The number of rotatable bonds is 3. The summed E-state index contributed by atoms with van der Waals surface area (Å²) < 4.78 is 5.14. The Balaban J connectivity index is 2.52. The molecule has 3 heteroatoms. The Morgan fingerprint density at radius 1 is 1.44 bits per heavy atom. The van der Waals surface area contributed by atoms with Crippen molar-refractivity contribution >= 4 is 16.7 Å². The summed E-state index contributed by atoms with van der Waals surface area (Å²) in [5.41, 5.74) is 2.15. The number of hydrogen-bond donors (Lipinski definition) is 1. The zero-order valence-electron chi connectivity index (χ0n) is 9.12. The second-order valence-electron chi connectivity index (χ2n) is 3.63. The van der Waals surface area contributed by atoms with E-state index in [9.17, 15) is 4.79 Å². The van der Waals surface area contributed by atoms with Crippen molar-refractivity contribution in [3.8, 4) is 0 Å². The van der Waals surface area contributed by atoms with Crippen molar-refractivity contribution < 1.29 is 4.42 Å². The molecule has 2 rings (SSSR count). The van der Waals surface area contributed by atoms with Gasteiger partial charge in [-0.2, -0.15) is 0 Å². The van der Waals surface area contributed by atoms with Gasteiger partial charge in [0.05, 0.1) is 0 Å². The fraction of sp³-hybridized carbons (Fsp3) is 0.154. The molecule has 0 aliphatic carbocycles. The molecule has 0 saturated heterocycles. The van der Waals surface area contributed by atoms with Crippen LogP contribution in [0.1, 0.15) is 5.56 Å². The second kappa shape index (κ2) is 4.23. The lowest BCUT2D eigenvalue weighted by Crippen LogP contribution is -2.00. The van der Waals surface area contributed by atoms with Crippen molar-refractivity contribution in [1.82, 2.24) is 0 Å². The van der Waals surface area contributed by atoms with Crippen LogP contribution in [0.5, 0.6) is 0 Å². The molecule has 3 nitrogen and oxygen atoms in total. The van der Waals surface area contributed by atoms with E-state index in [1.54, 1.807) is 6.08 Å². The van der Waals surface area contributed by atoms with E-state index in [0.29, 0.717) is 12.1 Å². The Kier molecular flexibility index (Phi) is 2.77. The average molecular weight is 215 g/mol. The van der Waals surface area contributed by atoms with Crippen LogP contribution < -0.4 is 10.9 Å². The predicted molar refractivity (Wildman–Crippen MR) is 65.9 cm³/mol. The van der Waals surface area contributed by atoms with Gasteiger partial charge in [0.25, 0.3) is 0 Å². The number of benzene rings is 1. The molecule has 0 radical (unpaired) electrons. The molecule has 0 aliphatic rings. The van der Waals surface area contributed by atoms with Gasteiger partial charge in [-0.3, -0.25) is 0 Å². The highest BCUT2D eigenvalue weighted by Gasteiger charge is 2.02. The summed E-state index contributed by atoms with van der Waals surface area (Å²) in [5, 5.41) is 4.11. The minimum Gasteiger partial charge on any atom is -0.423 e. The Labute approximate surface area is 93.4 Å². The molecule has 1 aromatic heterocycles. The SMILES string of the molecule is C=CCNc1ccc2c(C)cc(=O)oc2c1. The standard InChI is InChI=1S/C13H13NO2/c1-3-6-14-10-4-5-11-9(2)7-13(15)16-12(11)8-10/h3-5,7-8,14H,1,6H2,2H3. The van der Waals surface area contributed by atoms with Crippen LogP contribution in [0.3, 0.4) is 0 Å². The van der Waals surface area contributed by atoms with Gasteiger partial charge in [-0.05, 0) is 24.6 Å². The van der Waals surface area contributed by atoms with Crippen LogP contribution in [0.4, 0.5) is 5.69 Å². The number of nitrogens with one attached hydrogen (secondary N) is 1. The third-order valence-corrected chi connectivity index (χ3v) is 2.40. The molecule has 0 saturated carbocycles. The first-order valence-electron chi connectivity index (χ1n) is 5.10. The van der Waals surface area contributed by atoms with E-state index in [2.05, 4.69) is 11.9 Å². The molecule has 16 heavy (non-hydrogen) atoms. The Morgan fingerprint density at radius 2 is 2.25 bits per heavy atom.